The van der Waals surface area contributed by atoms with Crippen molar-refractivity contribution in [2.75, 3.05) is 32.7 Å². The first-order chi connectivity index (χ1) is 13.5. The first kappa shape index (κ1) is 19.9. The molecule has 1 saturated heterocycles. The predicted octanol–water partition coefficient (Wildman–Crippen LogP) is 1.56. The van der Waals surface area contributed by atoms with Crippen molar-refractivity contribution in [3.05, 3.63) is 35.9 Å². The lowest BCUT2D eigenvalue weighted by molar-refractivity contribution is -0.130. The first-order valence-corrected chi connectivity index (χ1v) is 9.83. The van der Waals surface area contributed by atoms with Crippen molar-refractivity contribution >= 4 is 23.2 Å². The van der Waals surface area contributed by atoms with E-state index >= 15 is 0 Å². The van der Waals surface area contributed by atoms with Gasteiger partial charge in [-0.3, -0.25) is 18.8 Å². The van der Waals surface area contributed by atoms with Gasteiger partial charge in [0.15, 0.2) is 5.69 Å². The van der Waals surface area contributed by atoms with Crippen LogP contribution in [0.5, 0.6) is 0 Å². The Kier molecular flexibility index (Phi) is 6.28. The number of nitrogens with zero attached hydrogens (tertiary/aromatic N) is 4. The van der Waals surface area contributed by atoms with Crippen LogP contribution < -0.4 is 5.32 Å². The van der Waals surface area contributed by atoms with Gasteiger partial charge in [-0.15, -0.1) is 0 Å². The van der Waals surface area contributed by atoms with Gasteiger partial charge in [0.1, 0.15) is 0 Å². The van der Waals surface area contributed by atoms with Gasteiger partial charge in [-0.25, -0.2) is 4.98 Å². The molecule has 0 aliphatic carbocycles. The summed E-state index contributed by atoms with van der Waals surface area (Å²) in [6.45, 7) is 6.17. The molecule has 150 valence electrons. The Bertz CT molecular complexity index is 868. The highest BCUT2D eigenvalue weighted by Gasteiger charge is 2.28. The van der Waals surface area contributed by atoms with Gasteiger partial charge in [-0.05, 0) is 18.6 Å². The molecule has 8 heteroatoms. The van der Waals surface area contributed by atoms with Gasteiger partial charge in [0, 0.05) is 45.8 Å². The van der Waals surface area contributed by atoms with E-state index in [0.29, 0.717) is 38.2 Å². The molecule has 3 amide bonds. The highest BCUT2D eigenvalue weighted by molar-refractivity contribution is 6.02. The zero-order valence-corrected chi connectivity index (χ0v) is 16.5. The van der Waals surface area contributed by atoms with Crippen LogP contribution in [0.15, 0.2) is 24.4 Å². The second-order valence-corrected chi connectivity index (χ2v) is 7.00. The number of carbonyl (C=O) groups excluding carboxylic acids is 3. The molecule has 0 spiro atoms. The van der Waals surface area contributed by atoms with Crippen molar-refractivity contribution in [2.45, 2.75) is 33.1 Å². The zero-order valence-electron chi connectivity index (χ0n) is 16.5. The lowest BCUT2D eigenvalue weighted by atomic mass is 10.2. The van der Waals surface area contributed by atoms with Gasteiger partial charge in [-0.1, -0.05) is 25.8 Å². The molecular formula is C20H27N5O3. The van der Waals surface area contributed by atoms with Crippen LogP contribution in [0.4, 0.5) is 0 Å². The molecule has 2 aromatic heterocycles. The number of hydrogen-bond donors (Lipinski definition) is 1. The van der Waals surface area contributed by atoms with E-state index in [1.54, 1.807) is 26.5 Å². The van der Waals surface area contributed by atoms with Crippen LogP contribution in [0.25, 0.3) is 5.52 Å². The molecule has 0 radical (unpaired) electrons. The second kappa shape index (κ2) is 8.86. The largest absolute Gasteiger partial charge is 0.351 e. The molecule has 1 aliphatic rings. The number of carbonyl (C=O) groups is 3. The van der Waals surface area contributed by atoms with Crippen LogP contribution in [0.3, 0.4) is 0 Å². The van der Waals surface area contributed by atoms with Gasteiger partial charge in [0.05, 0.1) is 5.52 Å². The van der Waals surface area contributed by atoms with Crippen LogP contribution in [0, 0.1) is 0 Å². The second-order valence-electron chi connectivity index (χ2n) is 7.00. The third-order valence-corrected chi connectivity index (χ3v) is 5.03. The smallest absolute Gasteiger partial charge is 0.290 e. The maximum Gasteiger partial charge on any atom is 0.290 e. The lowest BCUT2D eigenvalue weighted by Crippen LogP contribution is -2.50. The Morgan fingerprint density at radius 2 is 1.79 bits per heavy atom. The van der Waals surface area contributed by atoms with Gasteiger partial charge in [0.25, 0.3) is 11.8 Å². The van der Waals surface area contributed by atoms with Crippen LogP contribution in [-0.2, 0) is 4.79 Å². The number of piperazine rings is 1. The summed E-state index contributed by atoms with van der Waals surface area (Å²) in [7, 11) is 0. The fourth-order valence-electron chi connectivity index (χ4n) is 3.38. The molecule has 0 saturated carbocycles. The number of rotatable bonds is 6. The normalized spacial score (nSPS) is 14.4. The van der Waals surface area contributed by atoms with E-state index in [-0.39, 0.29) is 29.2 Å². The number of fused-ring (bicyclic) bond motifs is 1. The first-order valence-electron chi connectivity index (χ1n) is 9.83. The molecule has 8 nitrogen and oxygen atoms in total. The van der Waals surface area contributed by atoms with E-state index in [4.69, 9.17) is 0 Å². The van der Waals surface area contributed by atoms with Crippen LogP contribution >= 0.6 is 0 Å². The standard InChI is InChI=1S/C20H27N5O3/c1-3-4-6-9-21-19(27)17-16-8-5-7-10-25(16)18(22-17)20(28)24-13-11-23(12-14-24)15(2)26/h5,7-8,10H,3-4,6,9,11-14H2,1-2H3,(H,21,27). The molecule has 2 aromatic rings. The maximum atomic E-state index is 13.0. The van der Waals surface area contributed by atoms with Crippen LogP contribution in [0.1, 0.15) is 54.2 Å². The van der Waals surface area contributed by atoms with Crippen molar-refractivity contribution in [1.82, 2.24) is 24.5 Å². The molecule has 1 fully saturated rings. The van der Waals surface area contributed by atoms with Crippen molar-refractivity contribution in [2.24, 2.45) is 0 Å². The van der Waals surface area contributed by atoms with Crippen LogP contribution in [-0.4, -0.2) is 69.6 Å². The minimum atomic E-state index is -0.264. The minimum Gasteiger partial charge on any atom is -0.351 e. The number of amides is 3. The van der Waals surface area contributed by atoms with E-state index in [9.17, 15) is 14.4 Å². The Labute approximate surface area is 164 Å². The van der Waals surface area contributed by atoms with E-state index in [1.807, 2.05) is 12.1 Å². The summed E-state index contributed by atoms with van der Waals surface area (Å²) in [6.07, 6.45) is 4.80. The average Bonchev–Trinajstić information content (AvgIpc) is 3.10. The predicted molar refractivity (Wildman–Crippen MR) is 105 cm³/mol. The molecule has 3 rings (SSSR count). The monoisotopic (exact) mass is 385 g/mol. The number of nitrogens with one attached hydrogen (secondary N) is 1. The van der Waals surface area contributed by atoms with Gasteiger partial charge < -0.3 is 15.1 Å². The van der Waals surface area contributed by atoms with Crippen LogP contribution in [0.2, 0.25) is 0 Å². The number of aromatic nitrogens is 2. The Morgan fingerprint density at radius 1 is 1.07 bits per heavy atom. The molecule has 1 aliphatic heterocycles. The van der Waals surface area contributed by atoms with Gasteiger partial charge in [0.2, 0.25) is 11.7 Å². The molecule has 1 N–H and O–H groups in total. The van der Waals surface area contributed by atoms with Crippen molar-refractivity contribution in [3.8, 4) is 0 Å². The molecular weight excluding hydrogens is 358 g/mol. The lowest BCUT2D eigenvalue weighted by Gasteiger charge is -2.33. The summed E-state index contributed by atoms with van der Waals surface area (Å²) in [5.74, 6) is -0.249. The summed E-state index contributed by atoms with van der Waals surface area (Å²) in [5, 5.41) is 2.89. The summed E-state index contributed by atoms with van der Waals surface area (Å²) in [6, 6.07) is 5.42. The number of imidazole rings is 1. The third-order valence-electron chi connectivity index (χ3n) is 5.03. The molecule has 0 aromatic carbocycles. The third kappa shape index (κ3) is 4.16. The van der Waals surface area contributed by atoms with Crippen molar-refractivity contribution in [3.63, 3.8) is 0 Å². The van der Waals surface area contributed by atoms with E-state index in [0.717, 1.165) is 19.3 Å². The number of pyridine rings is 1. The summed E-state index contributed by atoms with van der Waals surface area (Å²) in [5.41, 5.74) is 0.879. The van der Waals surface area contributed by atoms with E-state index in [1.165, 1.54) is 6.92 Å². The SMILES string of the molecule is CCCCCNC(=O)c1nc(C(=O)N2CCN(C(C)=O)CC2)n2ccccc12. The minimum absolute atomic E-state index is 0.0143. The quantitative estimate of drug-likeness (QED) is 0.765. The van der Waals surface area contributed by atoms with Gasteiger partial charge in [-0.2, -0.15) is 0 Å². The van der Waals surface area contributed by atoms with E-state index in [2.05, 4.69) is 17.2 Å². The fraction of sp³-hybridized carbons (Fsp3) is 0.500. The molecule has 28 heavy (non-hydrogen) atoms. The highest BCUT2D eigenvalue weighted by Crippen LogP contribution is 2.16. The molecule has 0 bridgehead atoms. The summed E-state index contributed by atoms with van der Waals surface area (Å²) >= 11 is 0. The Morgan fingerprint density at radius 3 is 2.46 bits per heavy atom. The summed E-state index contributed by atoms with van der Waals surface area (Å²) < 4.78 is 1.67. The Hall–Kier alpha value is -2.90. The number of hydrogen-bond acceptors (Lipinski definition) is 4. The number of unbranched alkanes of at least 4 members (excludes halogenated alkanes) is 2. The van der Waals surface area contributed by atoms with Gasteiger partial charge >= 0.3 is 0 Å². The molecule has 0 atom stereocenters. The van der Waals surface area contributed by atoms with Crippen molar-refractivity contribution in [1.29, 1.82) is 0 Å². The van der Waals surface area contributed by atoms with Crippen molar-refractivity contribution < 1.29 is 14.4 Å². The average molecular weight is 385 g/mol. The zero-order chi connectivity index (χ0) is 20.1. The maximum absolute atomic E-state index is 13.0. The fourth-order valence-corrected chi connectivity index (χ4v) is 3.38. The highest BCUT2D eigenvalue weighted by atomic mass is 16.2. The Balaban J connectivity index is 1.79. The van der Waals surface area contributed by atoms with E-state index < -0.39 is 0 Å². The topological polar surface area (TPSA) is 87.0 Å². The molecule has 0 unspecified atom stereocenters. The summed E-state index contributed by atoms with van der Waals surface area (Å²) in [4.78, 5) is 44.9. The molecule has 3 heterocycles.